The highest BCUT2D eigenvalue weighted by atomic mass is 16.2. The topological polar surface area (TPSA) is 88.1 Å². The number of hydrogen-bond acceptors (Lipinski definition) is 3. The van der Waals surface area contributed by atoms with Gasteiger partial charge in [0.05, 0.1) is 11.9 Å². The third-order valence-corrected chi connectivity index (χ3v) is 4.20. The highest BCUT2D eigenvalue weighted by Crippen LogP contribution is 2.08. The van der Waals surface area contributed by atoms with E-state index in [0.717, 1.165) is 24.1 Å². The Morgan fingerprint density at radius 3 is 2.96 bits per heavy atom. The molecule has 3 rings (SSSR count). The Morgan fingerprint density at radius 1 is 1.28 bits per heavy atom. The number of amides is 3. The lowest BCUT2D eigenvalue weighted by Gasteiger charge is -2.15. The molecule has 0 unspecified atom stereocenters. The molecule has 1 saturated heterocycles. The van der Waals surface area contributed by atoms with Gasteiger partial charge in [-0.15, -0.1) is 0 Å². The maximum Gasteiger partial charge on any atom is 0.315 e. The minimum absolute atomic E-state index is 0.100. The molecule has 0 spiro atoms. The zero-order valence-electron chi connectivity index (χ0n) is 14.1. The Labute approximate surface area is 146 Å². The summed E-state index contributed by atoms with van der Waals surface area (Å²) in [7, 11) is 0. The quantitative estimate of drug-likeness (QED) is 0.768. The molecule has 2 heterocycles. The molecule has 0 saturated carbocycles. The Kier molecular flexibility index (Phi) is 5.66. The van der Waals surface area contributed by atoms with Crippen LogP contribution in [0.2, 0.25) is 0 Å². The van der Waals surface area contributed by atoms with Gasteiger partial charge in [-0.3, -0.25) is 4.79 Å². The van der Waals surface area contributed by atoms with Crippen molar-refractivity contribution in [3.8, 4) is 5.69 Å². The van der Waals surface area contributed by atoms with E-state index >= 15 is 0 Å². The number of carbonyl (C=O) groups excluding carboxylic acids is 2. The Hall–Kier alpha value is -2.83. The van der Waals surface area contributed by atoms with Crippen LogP contribution in [0.15, 0.2) is 42.7 Å². The second-order valence-electron chi connectivity index (χ2n) is 6.12. The third kappa shape index (κ3) is 4.82. The van der Waals surface area contributed by atoms with Crippen molar-refractivity contribution < 1.29 is 9.59 Å². The number of rotatable bonds is 5. The van der Waals surface area contributed by atoms with Crippen LogP contribution in [0, 0.1) is 0 Å². The van der Waals surface area contributed by atoms with Gasteiger partial charge >= 0.3 is 6.03 Å². The van der Waals surface area contributed by atoms with Crippen LogP contribution in [0.1, 0.15) is 24.8 Å². The maximum absolute atomic E-state index is 12.0. The molecule has 0 bridgehead atoms. The van der Waals surface area contributed by atoms with Gasteiger partial charge in [-0.25, -0.2) is 9.48 Å². The summed E-state index contributed by atoms with van der Waals surface area (Å²) in [5.74, 6) is -0.100. The average molecular weight is 341 g/mol. The first kappa shape index (κ1) is 17.0. The zero-order valence-corrected chi connectivity index (χ0v) is 14.1. The number of aromatic nitrogens is 2. The number of urea groups is 1. The highest BCUT2D eigenvalue weighted by Gasteiger charge is 2.21. The predicted octanol–water partition coefficient (Wildman–Crippen LogP) is 1.38. The predicted molar refractivity (Wildman–Crippen MR) is 94.5 cm³/mol. The van der Waals surface area contributed by atoms with Crippen molar-refractivity contribution in [1.82, 2.24) is 25.7 Å². The van der Waals surface area contributed by atoms with E-state index in [1.165, 1.54) is 0 Å². The lowest BCUT2D eigenvalue weighted by Crippen LogP contribution is -2.49. The lowest BCUT2D eigenvalue weighted by molar-refractivity contribution is -0.122. The molecule has 3 N–H and O–H groups in total. The number of nitrogens with one attached hydrogen (secondary N) is 3. The van der Waals surface area contributed by atoms with E-state index in [4.69, 9.17) is 0 Å². The van der Waals surface area contributed by atoms with E-state index in [2.05, 4.69) is 21.0 Å². The molecule has 7 heteroatoms. The molecule has 132 valence electrons. The largest absolute Gasteiger partial charge is 0.354 e. The lowest BCUT2D eigenvalue weighted by atomic mass is 10.1. The van der Waals surface area contributed by atoms with Crippen LogP contribution in [0.4, 0.5) is 4.79 Å². The van der Waals surface area contributed by atoms with Crippen LogP contribution in [-0.2, 0) is 11.2 Å². The van der Waals surface area contributed by atoms with Crippen LogP contribution in [0.3, 0.4) is 0 Å². The molecule has 1 atom stereocenters. The summed E-state index contributed by atoms with van der Waals surface area (Å²) in [4.78, 5) is 23.8. The fourth-order valence-corrected chi connectivity index (χ4v) is 2.82. The molecule has 25 heavy (non-hydrogen) atoms. The second kappa shape index (κ2) is 8.32. The number of hydrogen-bond donors (Lipinski definition) is 3. The molecule has 1 aliphatic heterocycles. The van der Waals surface area contributed by atoms with Gasteiger partial charge in [0, 0.05) is 19.3 Å². The van der Waals surface area contributed by atoms with Crippen molar-refractivity contribution in [1.29, 1.82) is 0 Å². The maximum atomic E-state index is 12.0. The van der Waals surface area contributed by atoms with Crippen LogP contribution in [0.5, 0.6) is 0 Å². The van der Waals surface area contributed by atoms with E-state index in [0.29, 0.717) is 25.9 Å². The Morgan fingerprint density at radius 2 is 2.12 bits per heavy atom. The summed E-state index contributed by atoms with van der Waals surface area (Å²) >= 11 is 0. The summed E-state index contributed by atoms with van der Waals surface area (Å²) in [6.45, 7) is 1.17. The van der Waals surface area contributed by atoms with Gasteiger partial charge in [0.1, 0.15) is 6.04 Å². The molecular formula is C18H23N5O2. The second-order valence-corrected chi connectivity index (χ2v) is 6.12. The number of para-hydroxylation sites is 1. The smallest absolute Gasteiger partial charge is 0.315 e. The van der Waals surface area contributed by atoms with Crippen molar-refractivity contribution in [2.75, 3.05) is 13.1 Å². The molecule has 0 aliphatic carbocycles. The summed E-state index contributed by atoms with van der Waals surface area (Å²) in [5.41, 5.74) is 2.04. The number of nitrogens with zero attached hydrogens (tertiary/aromatic N) is 2. The van der Waals surface area contributed by atoms with Gasteiger partial charge in [0.15, 0.2) is 0 Å². The monoisotopic (exact) mass is 341 g/mol. The molecule has 3 amide bonds. The van der Waals surface area contributed by atoms with Gasteiger partial charge < -0.3 is 16.0 Å². The van der Waals surface area contributed by atoms with E-state index in [9.17, 15) is 9.59 Å². The van der Waals surface area contributed by atoms with Gasteiger partial charge in [0.25, 0.3) is 0 Å². The van der Waals surface area contributed by atoms with Crippen molar-refractivity contribution in [3.05, 3.63) is 48.3 Å². The van der Waals surface area contributed by atoms with Crippen molar-refractivity contribution in [2.45, 2.75) is 31.7 Å². The van der Waals surface area contributed by atoms with Gasteiger partial charge in [-0.1, -0.05) is 18.2 Å². The molecule has 1 aromatic heterocycles. The molecule has 0 radical (unpaired) electrons. The van der Waals surface area contributed by atoms with E-state index in [1.807, 2.05) is 41.2 Å². The van der Waals surface area contributed by atoms with Crippen molar-refractivity contribution in [2.24, 2.45) is 0 Å². The van der Waals surface area contributed by atoms with Crippen LogP contribution < -0.4 is 16.0 Å². The van der Waals surface area contributed by atoms with Crippen LogP contribution in [-0.4, -0.2) is 40.9 Å². The molecule has 2 aromatic rings. The zero-order chi connectivity index (χ0) is 17.5. The van der Waals surface area contributed by atoms with Crippen molar-refractivity contribution >= 4 is 11.9 Å². The number of carbonyl (C=O) groups is 2. The minimum Gasteiger partial charge on any atom is -0.354 e. The van der Waals surface area contributed by atoms with Gasteiger partial charge in [-0.2, -0.15) is 5.10 Å². The number of benzene rings is 1. The first-order valence-corrected chi connectivity index (χ1v) is 8.63. The Bertz CT molecular complexity index is 713. The molecule has 1 aliphatic rings. The van der Waals surface area contributed by atoms with E-state index in [1.54, 1.807) is 6.20 Å². The first-order valence-electron chi connectivity index (χ1n) is 8.63. The normalized spacial score (nSPS) is 17.4. The summed E-state index contributed by atoms with van der Waals surface area (Å²) in [6, 6.07) is 9.12. The molecular weight excluding hydrogens is 318 g/mol. The Balaban J connectivity index is 1.44. The van der Waals surface area contributed by atoms with Gasteiger partial charge in [-0.05, 0) is 43.4 Å². The average Bonchev–Trinajstić information content (AvgIpc) is 3.01. The third-order valence-electron chi connectivity index (χ3n) is 4.20. The van der Waals surface area contributed by atoms with E-state index < -0.39 is 6.04 Å². The van der Waals surface area contributed by atoms with Gasteiger partial charge in [0.2, 0.25) is 5.91 Å². The van der Waals surface area contributed by atoms with E-state index in [-0.39, 0.29) is 11.9 Å². The standard InChI is InChI=1S/C18H23N5O2/c24-17-16(8-4-5-10-19-17)22-18(25)20-11-9-14-12-21-23(13-14)15-6-2-1-3-7-15/h1-3,6-7,12-13,16H,4-5,8-11H2,(H,19,24)(H2,20,22,25)/t16-/m0/s1. The summed E-state index contributed by atoms with van der Waals surface area (Å²) in [5, 5.41) is 12.7. The van der Waals surface area contributed by atoms with Crippen molar-refractivity contribution in [3.63, 3.8) is 0 Å². The molecule has 1 aromatic carbocycles. The fourth-order valence-electron chi connectivity index (χ4n) is 2.82. The molecule has 1 fully saturated rings. The van der Waals surface area contributed by atoms with Crippen LogP contribution in [0.25, 0.3) is 5.69 Å². The summed E-state index contributed by atoms with van der Waals surface area (Å²) in [6.07, 6.45) is 7.00. The minimum atomic E-state index is -0.441. The summed E-state index contributed by atoms with van der Waals surface area (Å²) < 4.78 is 1.81. The fraction of sp³-hybridized carbons (Fsp3) is 0.389. The highest BCUT2D eigenvalue weighted by molar-refractivity contribution is 5.87. The molecule has 7 nitrogen and oxygen atoms in total. The first-order chi connectivity index (χ1) is 12.2. The SMILES string of the molecule is O=C(NCCc1cnn(-c2ccccc2)c1)N[C@H]1CCCCNC1=O. The van der Waals surface area contributed by atoms with Crippen LogP contribution >= 0.6 is 0 Å².